The molecule has 0 aromatic rings. The van der Waals surface area contributed by atoms with E-state index in [2.05, 4.69) is 26.1 Å². The number of thioether (sulfide) groups is 2. The van der Waals surface area contributed by atoms with Gasteiger partial charge in [-0.15, -0.1) is 0 Å². The van der Waals surface area contributed by atoms with E-state index >= 15 is 0 Å². The average Bonchev–Trinajstić information content (AvgIpc) is 2.41. The number of carbonyl (C=O) groups is 1. The molecular weight excluding hydrogens is 288 g/mol. The van der Waals surface area contributed by atoms with Gasteiger partial charge in [0.05, 0.1) is 0 Å². The first-order valence-electron chi connectivity index (χ1n) is 7.59. The van der Waals surface area contributed by atoms with Gasteiger partial charge in [0, 0.05) is 35.5 Å². The number of carbonyl (C=O) groups excluding carboxylic acids is 1. The van der Waals surface area contributed by atoms with Crippen LogP contribution in [0.4, 0.5) is 0 Å². The maximum absolute atomic E-state index is 12.0. The van der Waals surface area contributed by atoms with Gasteiger partial charge in [0.1, 0.15) is 0 Å². The number of hydrogen-bond acceptors (Lipinski definition) is 4. The van der Waals surface area contributed by atoms with Gasteiger partial charge in [-0.3, -0.25) is 4.79 Å². The zero-order valence-corrected chi connectivity index (χ0v) is 14.7. The van der Waals surface area contributed by atoms with Gasteiger partial charge in [-0.1, -0.05) is 20.8 Å². The van der Waals surface area contributed by atoms with Crippen molar-refractivity contribution in [3.63, 3.8) is 0 Å². The molecule has 1 saturated heterocycles. The van der Waals surface area contributed by atoms with E-state index in [1.165, 1.54) is 17.3 Å². The molecule has 3 N–H and O–H groups in total. The van der Waals surface area contributed by atoms with E-state index in [-0.39, 0.29) is 11.3 Å². The topological polar surface area (TPSA) is 55.1 Å². The molecule has 3 nitrogen and oxygen atoms in total. The Labute approximate surface area is 132 Å². The Hall–Kier alpha value is 0.130. The van der Waals surface area contributed by atoms with Gasteiger partial charge in [-0.05, 0) is 30.7 Å². The molecule has 5 heteroatoms. The molecule has 1 aliphatic rings. The fourth-order valence-electron chi connectivity index (χ4n) is 2.49. The Kier molecular flexibility index (Phi) is 8.37. The van der Waals surface area contributed by atoms with Crippen molar-refractivity contribution in [2.75, 3.05) is 30.3 Å². The van der Waals surface area contributed by atoms with E-state index in [9.17, 15) is 4.79 Å². The average molecular weight is 319 g/mol. The third-order valence-electron chi connectivity index (χ3n) is 3.87. The largest absolute Gasteiger partial charge is 0.355 e. The SMILES string of the molecule is CC(C)(C)C(CCN)CCC(=O)NCC1CSCCS1. The highest BCUT2D eigenvalue weighted by atomic mass is 32.2. The Bertz CT molecular complexity index is 286. The lowest BCUT2D eigenvalue weighted by Crippen LogP contribution is -2.34. The molecule has 2 atom stereocenters. The minimum atomic E-state index is 0.201. The molecule has 0 aromatic carbocycles. The van der Waals surface area contributed by atoms with Gasteiger partial charge in [-0.2, -0.15) is 23.5 Å². The van der Waals surface area contributed by atoms with Crippen molar-refractivity contribution in [1.29, 1.82) is 0 Å². The van der Waals surface area contributed by atoms with Crippen LogP contribution < -0.4 is 11.1 Å². The van der Waals surface area contributed by atoms with Crippen molar-refractivity contribution < 1.29 is 4.79 Å². The first-order chi connectivity index (χ1) is 9.43. The second-order valence-electron chi connectivity index (χ2n) is 6.55. The Balaban J connectivity index is 2.23. The molecule has 2 unspecified atom stereocenters. The molecule has 1 rings (SSSR count). The van der Waals surface area contributed by atoms with Gasteiger partial charge in [0.25, 0.3) is 0 Å². The smallest absolute Gasteiger partial charge is 0.220 e. The summed E-state index contributed by atoms with van der Waals surface area (Å²) in [5.41, 5.74) is 5.91. The maximum atomic E-state index is 12.0. The summed E-state index contributed by atoms with van der Waals surface area (Å²) in [4.78, 5) is 12.0. The summed E-state index contributed by atoms with van der Waals surface area (Å²) in [6.45, 7) is 8.25. The number of amides is 1. The maximum Gasteiger partial charge on any atom is 0.220 e. The molecule has 0 spiro atoms. The summed E-state index contributed by atoms with van der Waals surface area (Å²) in [5.74, 6) is 4.36. The zero-order valence-electron chi connectivity index (χ0n) is 13.1. The van der Waals surface area contributed by atoms with Crippen LogP contribution in [0, 0.1) is 11.3 Å². The predicted molar refractivity (Wildman–Crippen MR) is 92.4 cm³/mol. The van der Waals surface area contributed by atoms with Crippen LogP contribution in [0.25, 0.3) is 0 Å². The molecule has 0 aromatic heterocycles. The van der Waals surface area contributed by atoms with E-state index in [4.69, 9.17) is 5.73 Å². The summed E-state index contributed by atoms with van der Waals surface area (Å²) >= 11 is 3.99. The van der Waals surface area contributed by atoms with Crippen molar-refractivity contribution in [2.24, 2.45) is 17.1 Å². The molecule has 118 valence electrons. The summed E-state index contributed by atoms with van der Waals surface area (Å²) in [7, 11) is 0. The molecule has 0 aliphatic carbocycles. The Morgan fingerprint density at radius 3 is 2.65 bits per heavy atom. The van der Waals surface area contributed by atoms with Crippen molar-refractivity contribution >= 4 is 29.4 Å². The third-order valence-corrected chi connectivity index (χ3v) is 6.72. The number of hydrogen-bond donors (Lipinski definition) is 2. The van der Waals surface area contributed by atoms with E-state index in [0.717, 1.165) is 19.4 Å². The van der Waals surface area contributed by atoms with Crippen molar-refractivity contribution in [1.82, 2.24) is 5.32 Å². The summed E-state index contributed by atoms with van der Waals surface area (Å²) in [6.07, 6.45) is 2.58. The zero-order chi connectivity index (χ0) is 15.0. The molecule has 1 heterocycles. The van der Waals surface area contributed by atoms with E-state index in [1.54, 1.807) is 0 Å². The highest BCUT2D eigenvalue weighted by Crippen LogP contribution is 2.32. The number of nitrogens with two attached hydrogens (primary N) is 1. The lowest BCUT2D eigenvalue weighted by molar-refractivity contribution is -0.121. The summed E-state index contributed by atoms with van der Waals surface area (Å²) in [6, 6.07) is 0. The summed E-state index contributed by atoms with van der Waals surface area (Å²) in [5, 5.41) is 3.69. The Morgan fingerprint density at radius 1 is 1.35 bits per heavy atom. The first-order valence-corrected chi connectivity index (χ1v) is 9.80. The molecule has 0 saturated carbocycles. The molecule has 1 aliphatic heterocycles. The second kappa shape index (κ2) is 9.21. The summed E-state index contributed by atoms with van der Waals surface area (Å²) < 4.78 is 0. The highest BCUT2D eigenvalue weighted by Gasteiger charge is 2.24. The van der Waals surface area contributed by atoms with Crippen LogP contribution in [0.3, 0.4) is 0 Å². The van der Waals surface area contributed by atoms with Gasteiger partial charge in [0.15, 0.2) is 0 Å². The van der Waals surface area contributed by atoms with E-state index < -0.39 is 0 Å². The lowest BCUT2D eigenvalue weighted by atomic mass is 9.76. The third kappa shape index (κ3) is 7.23. The normalized spacial score (nSPS) is 21.5. The molecule has 20 heavy (non-hydrogen) atoms. The standard InChI is InChI=1S/C15H30N2OS2/c1-15(2,3)12(6-7-16)4-5-14(18)17-10-13-11-19-8-9-20-13/h12-13H,4-11,16H2,1-3H3,(H,17,18). The van der Waals surface area contributed by atoms with Gasteiger partial charge in [-0.25, -0.2) is 0 Å². The molecule has 0 bridgehead atoms. The van der Waals surface area contributed by atoms with E-state index in [0.29, 0.717) is 24.1 Å². The molecular formula is C15H30N2OS2. The van der Waals surface area contributed by atoms with Crippen LogP contribution in [-0.2, 0) is 4.79 Å². The minimum Gasteiger partial charge on any atom is -0.355 e. The van der Waals surface area contributed by atoms with Crippen LogP contribution in [-0.4, -0.2) is 41.5 Å². The van der Waals surface area contributed by atoms with Gasteiger partial charge in [0.2, 0.25) is 5.91 Å². The fourth-order valence-corrected chi connectivity index (χ4v) is 5.10. The molecule has 1 amide bonds. The van der Waals surface area contributed by atoms with Crippen molar-refractivity contribution in [3.8, 4) is 0 Å². The molecule has 1 fully saturated rings. The first kappa shape index (κ1) is 18.2. The Morgan fingerprint density at radius 2 is 2.10 bits per heavy atom. The van der Waals surface area contributed by atoms with Crippen LogP contribution in [0.2, 0.25) is 0 Å². The molecule has 0 radical (unpaired) electrons. The number of nitrogens with one attached hydrogen (secondary N) is 1. The fraction of sp³-hybridized carbons (Fsp3) is 0.933. The van der Waals surface area contributed by atoms with Gasteiger partial charge < -0.3 is 11.1 Å². The predicted octanol–water partition coefficient (Wildman–Crippen LogP) is 2.74. The van der Waals surface area contributed by atoms with Crippen LogP contribution in [0.5, 0.6) is 0 Å². The van der Waals surface area contributed by atoms with Gasteiger partial charge >= 0.3 is 0 Å². The van der Waals surface area contributed by atoms with Crippen molar-refractivity contribution in [2.45, 2.75) is 45.3 Å². The monoisotopic (exact) mass is 318 g/mol. The van der Waals surface area contributed by atoms with Crippen LogP contribution in [0.15, 0.2) is 0 Å². The second-order valence-corrected chi connectivity index (χ2v) is 9.11. The van der Waals surface area contributed by atoms with Crippen LogP contribution >= 0.6 is 23.5 Å². The van der Waals surface area contributed by atoms with Crippen molar-refractivity contribution in [3.05, 3.63) is 0 Å². The van der Waals surface area contributed by atoms with Crippen LogP contribution in [0.1, 0.15) is 40.0 Å². The number of rotatable bonds is 7. The van der Waals surface area contributed by atoms with E-state index in [1.807, 2.05) is 23.5 Å². The highest BCUT2D eigenvalue weighted by molar-refractivity contribution is 8.06. The minimum absolute atomic E-state index is 0.201. The quantitative estimate of drug-likeness (QED) is 0.758. The lowest BCUT2D eigenvalue weighted by Gasteiger charge is -2.30.